The van der Waals surface area contributed by atoms with Gasteiger partial charge in [-0.1, -0.05) is 15.9 Å². The molecule has 0 aromatic heterocycles. The van der Waals surface area contributed by atoms with Gasteiger partial charge in [-0.2, -0.15) is 0 Å². The van der Waals surface area contributed by atoms with Gasteiger partial charge >= 0.3 is 11.9 Å². The number of carboxylic acids is 1. The van der Waals surface area contributed by atoms with E-state index in [1.54, 1.807) is 12.1 Å². The van der Waals surface area contributed by atoms with Gasteiger partial charge in [0.15, 0.2) is 0 Å². The molecular weight excluding hydrogens is 366 g/mol. The Morgan fingerprint density at radius 2 is 1.91 bits per heavy atom. The number of hydrogen-bond donors (Lipinski definition) is 2. The number of esters is 1. The lowest BCUT2D eigenvalue weighted by molar-refractivity contribution is -0.145. The Morgan fingerprint density at radius 3 is 2.57 bits per heavy atom. The maximum absolute atomic E-state index is 12.6. The predicted molar refractivity (Wildman–Crippen MR) is 83.2 cm³/mol. The van der Waals surface area contributed by atoms with Crippen molar-refractivity contribution in [2.24, 2.45) is 23.7 Å². The molecule has 6 atom stereocenters. The summed E-state index contributed by atoms with van der Waals surface area (Å²) in [5, 5.41) is 11.7. The molecule has 3 fully saturated rings. The third-order valence-electron chi connectivity index (χ3n) is 5.23. The number of aromatic carboxylic acids is 1. The van der Waals surface area contributed by atoms with E-state index < -0.39 is 11.9 Å². The first-order valence-corrected chi connectivity index (χ1v) is 8.37. The van der Waals surface area contributed by atoms with Crippen molar-refractivity contribution >= 4 is 39.5 Å². The number of halogens is 1. The quantitative estimate of drug-likeness (QED) is 0.617. The molecule has 4 rings (SSSR count). The number of nitrogens with one attached hydrogen (secondary N) is 1. The topological polar surface area (TPSA) is 92.7 Å². The van der Waals surface area contributed by atoms with Crippen LogP contribution in [0.15, 0.2) is 24.3 Å². The lowest BCUT2D eigenvalue weighted by Crippen LogP contribution is -2.40. The van der Waals surface area contributed by atoms with Gasteiger partial charge in [-0.3, -0.25) is 9.59 Å². The van der Waals surface area contributed by atoms with Crippen molar-refractivity contribution < 1.29 is 24.2 Å². The van der Waals surface area contributed by atoms with Crippen molar-refractivity contribution in [1.82, 2.24) is 0 Å². The minimum Gasteiger partial charge on any atom is -0.478 e. The summed E-state index contributed by atoms with van der Waals surface area (Å²) in [5.74, 6) is -2.01. The number of alkyl halides is 1. The molecule has 2 bridgehead atoms. The summed E-state index contributed by atoms with van der Waals surface area (Å²) in [6.45, 7) is 0. The zero-order valence-corrected chi connectivity index (χ0v) is 13.5. The van der Waals surface area contributed by atoms with E-state index in [2.05, 4.69) is 21.2 Å². The summed E-state index contributed by atoms with van der Waals surface area (Å²) in [4.78, 5) is 35.6. The Kier molecular flexibility index (Phi) is 3.23. The highest BCUT2D eigenvalue weighted by atomic mass is 79.9. The average Bonchev–Trinajstić information content (AvgIpc) is 3.12. The number of carbonyl (C=O) groups is 3. The van der Waals surface area contributed by atoms with Crippen LogP contribution in [-0.2, 0) is 14.3 Å². The van der Waals surface area contributed by atoms with Gasteiger partial charge in [0.05, 0.1) is 22.2 Å². The van der Waals surface area contributed by atoms with Crippen LogP contribution in [-0.4, -0.2) is 33.9 Å². The Hall–Kier alpha value is -1.89. The monoisotopic (exact) mass is 379 g/mol. The van der Waals surface area contributed by atoms with Crippen LogP contribution in [0.4, 0.5) is 5.69 Å². The van der Waals surface area contributed by atoms with Gasteiger partial charge in [-0.05, 0) is 36.6 Å². The summed E-state index contributed by atoms with van der Waals surface area (Å²) < 4.78 is 5.39. The van der Waals surface area contributed by atoms with Crippen LogP contribution in [0.3, 0.4) is 0 Å². The molecule has 0 spiro atoms. The van der Waals surface area contributed by atoms with E-state index in [0.717, 1.165) is 6.42 Å². The second-order valence-corrected chi connectivity index (χ2v) is 7.39. The second kappa shape index (κ2) is 5.06. The second-order valence-electron chi connectivity index (χ2n) is 6.33. The molecule has 2 saturated carbocycles. The van der Waals surface area contributed by atoms with E-state index in [9.17, 15) is 14.4 Å². The lowest BCUT2D eigenvalue weighted by Gasteiger charge is -2.27. The molecule has 1 aromatic rings. The highest BCUT2D eigenvalue weighted by Gasteiger charge is 2.67. The molecule has 1 aliphatic heterocycles. The fraction of sp³-hybridized carbons (Fsp3) is 0.438. The van der Waals surface area contributed by atoms with Crippen molar-refractivity contribution in [2.45, 2.75) is 17.4 Å². The third-order valence-corrected chi connectivity index (χ3v) is 6.43. The molecule has 7 heteroatoms. The van der Waals surface area contributed by atoms with E-state index in [1.165, 1.54) is 12.1 Å². The van der Waals surface area contributed by atoms with Gasteiger partial charge in [0.25, 0.3) is 0 Å². The van der Waals surface area contributed by atoms with E-state index in [-0.39, 0.29) is 46.1 Å². The molecule has 0 radical (unpaired) electrons. The van der Waals surface area contributed by atoms with E-state index >= 15 is 0 Å². The van der Waals surface area contributed by atoms with Gasteiger partial charge in [0.1, 0.15) is 6.10 Å². The molecule has 23 heavy (non-hydrogen) atoms. The fourth-order valence-corrected chi connectivity index (χ4v) is 5.30. The number of rotatable bonds is 3. The summed E-state index contributed by atoms with van der Waals surface area (Å²) in [6.07, 6.45) is 0.726. The molecule has 120 valence electrons. The molecule has 1 aromatic carbocycles. The number of amides is 1. The van der Waals surface area contributed by atoms with Gasteiger partial charge in [-0.15, -0.1) is 0 Å². The lowest BCUT2D eigenvalue weighted by atomic mass is 9.79. The standard InChI is InChI=1S/C16H14BrNO5/c17-12-8-5-9-11(16(22)23-13(9)12)10(8)14(19)18-7-3-1-6(2-4-7)15(20)21/h1-4,8-13H,5H2,(H,18,19)(H,20,21)/t8-,9-,10-,11+,12+,13+/m1/s1. The maximum Gasteiger partial charge on any atom is 0.335 e. The first-order valence-electron chi connectivity index (χ1n) is 7.46. The molecule has 6 nitrogen and oxygen atoms in total. The summed E-state index contributed by atoms with van der Waals surface area (Å²) in [6, 6.07) is 5.98. The van der Waals surface area contributed by atoms with E-state index in [0.29, 0.717) is 5.69 Å². The highest BCUT2D eigenvalue weighted by molar-refractivity contribution is 9.09. The summed E-state index contributed by atoms with van der Waals surface area (Å²) in [7, 11) is 0. The van der Waals surface area contributed by atoms with Gasteiger partial charge in [0.2, 0.25) is 5.91 Å². The van der Waals surface area contributed by atoms with E-state index in [4.69, 9.17) is 9.84 Å². The normalized spacial score (nSPS) is 36.8. The van der Waals surface area contributed by atoms with Crippen molar-refractivity contribution in [2.75, 3.05) is 5.32 Å². The predicted octanol–water partition coefficient (Wildman–Crippen LogP) is 1.89. The Morgan fingerprint density at radius 1 is 1.22 bits per heavy atom. The summed E-state index contributed by atoms with van der Waals surface area (Å²) >= 11 is 3.57. The van der Waals surface area contributed by atoms with Crippen molar-refractivity contribution in [3.8, 4) is 0 Å². The van der Waals surface area contributed by atoms with Crippen LogP contribution in [0, 0.1) is 23.7 Å². The smallest absolute Gasteiger partial charge is 0.335 e. The van der Waals surface area contributed by atoms with Crippen LogP contribution >= 0.6 is 15.9 Å². The van der Waals surface area contributed by atoms with Crippen molar-refractivity contribution in [3.05, 3.63) is 29.8 Å². The number of carbonyl (C=O) groups excluding carboxylic acids is 2. The van der Waals surface area contributed by atoms with Crippen LogP contribution in [0.5, 0.6) is 0 Å². The highest BCUT2D eigenvalue weighted by Crippen LogP contribution is 2.60. The van der Waals surface area contributed by atoms with Gasteiger partial charge < -0.3 is 15.2 Å². The molecular formula is C16H14BrNO5. The molecule has 3 aliphatic rings. The van der Waals surface area contributed by atoms with Crippen molar-refractivity contribution in [1.29, 1.82) is 0 Å². The number of anilines is 1. The first kappa shape index (κ1) is 14.7. The minimum atomic E-state index is -1.02. The molecule has 1 amide bonds. The summed E-state index contributed by atoms with van der Waals surface area (Å²) in [5.41, 5.74) is 0.683. The van der Waals surface area contributed by atoms with Gasteiger partial charge in [-0.25, -0.2) is 4.79 Å². The number of fused-ring (bicyclic) bond motifs is 1. The van der Waals surface area contributed by atoms with Crippen molar-refractivity contribution in [3.63, 3.8) is 0 Å². The molecule has 2 N–H and O–H groups in total. The third kappa shape index (κ3) is 2.09. The molecule has 0 unspecified atom stereocenters. The number of hydrogen-bond acceptors (Lipinski definition) is 4. The van der Waals surface area contributed by atoms with Crippen LogP contribution in [0.1, 0.15) is 16.8 Å². The van der Waals surface area contributed by atoms with Crippen LogP contribution in [0.25, 0.3) is 0 Å². The number of benzene rings is 1. The molecule has 2 aliphatic carbocycles. The van der Waals surface area contributed by atoms with E-state index in [1.807, 2.05) is 0 Å². The number of ether oxygens (including phenoxy) is 1. The molecule has 1 saturated heterocycles. The zero-order valence-electron chi connectivity index (χ0n) is 11.9. The van der Waals surface area contributed by atoms with Crippen LogP contribution < -0.4 is 5.32 Å². The fourth-order valence-electron chi connectivity index (χ4n) is 4.25. The Balaban J connectivity index is 1.53. The minimum absolute atomic E-state index is 0.0281. The number of carboxylic acid groups (broad SMARTS) is 1. The Bertz CT molecular complexity index is 703. The van der Waals surface area contributed by atoms with Crippen LogP contribution in [0.2, 0.25) is 0 Å². The zero-order chi connectivity index (χ0) is 16.3. The maximum atomic E-state index is 12.6. The molecule has 1 heterocycles. The largest absolute Gasteiger partial charge is 0.478 e. The van der Waals surface area contributed by atoms with Gasteiger partial charge in [0, 0.05) is 11.6 Å². The average molecular weight is 380 g/mol. The SMILES string of the molecule is O=C(O)c1ccc(NC(=O)[C@@H]2[C@H]3C[C@H]4[C@H](OC(=O)[C@@H]42)[C@H]3Br)cc1. The Labute approximate surface area is 140 Å². The first-order chi connectivity index (χ1) is 11.0.